The summed E-state index contributed by atoms with van der Waals surface area (Å²) in [6.07, 6.45) is 0.383. The van der Waals surface area contributed by atoms with Gasteiger partial charge in [-0.2, -0.15) is 0 Å². The second-order valence-corrected chi connectivity index (χ2v) is 5.43. The van der Waals surface area contributed by atoms with E-state index in [4.69, 9.17) is 5.73 Å². The summed E-state index contributed by atoms with van der Waals surface area (Å²) in [5, 5.41) is 2.87. The lowest BCUT2D eigenvalue weighted by molar-refractivity contribution is -0.121. The molecule has 0 heterocycles. The number of amides is 1. The first kappa shape index (κ1) is 14.2. The first-order valence-electron chi connectivity index (χ1n) is 5.75. The van der Waals surface area contributed by atoms with E-state index in [0.717, 1.165) is 10.0 Å². The molecular weight excluding hydrogens is 280 g/mol. The minimum atomic E-state index is -0.0695. The number of rotatable bonds is 5. The molecule has 1 aromatic rings. The molecule has 1 aromatic carbocycles. The van der Waals surface area contributed by atoms with Gasteiger partial charge in [0.05, 0.1) is 0 Å². The normalized spacial score (nSPS) is 12.5. The smallest absolute Gasteiger partial charge is 0.221 e. The van der Waals surface area contributed by atoms with Gasteiger partial charge >= 0.3 is 0 Å². The van der Waals surface area contributed by atoms with E-state index in [9.17, 15) is 4.79 Å². The Kier molecular flexibility index (Phi) is 5.65. The average molecular weight is 299 g/mol. The maximum Gasteiger partial charge on any atom is 0.221 e. The lowest BCUT2D eigenvalue weighted by Gasteiger charge is -2.15. The quantitative estimate of drug-likeness (QED) is 0.877. The lowest BCUT2D eigenvalue weighted by Crippen LogP contribution is -2.34. The highest BCUT2D eigenvalue weighted by Gasteiger charge is 2.12. The van der Waals surface area contributed by atoms with Gasteiger partial charge < -0.3 is 11.1 Å². The molecule has 3 nitrogen and oxygen atoms in total. The van der Waals surface area contributed by atoms with Crippen molar-refractivity contribution in [3.8, 4) is 0 Å². The summed E-state index contributed by atoms with van der Waals surface area (Å²) in [7, 11) is 0. The van der Waals surface area contributed by atoms with Crippen LogP contribution in [0.2, 0.25) is 0 Å². The highest BCUT2D eigenvalue weighted by Crippen LogP contribution is 2.10. The predicted octanol–water partition coefficient (Wildman–Crippen LogP) is 2.44. The van der Waals surface area contributed by atoms with Crippen LogP contribution in [-0.2, 0) is 11.3 Å². The summed E-state index contributed by atoms with van der Waals surface area (Å²) in [6, 6.07) is 7.81. The first-order valence-corrected chi connectivity index (χ1v) is 6.55. The third kappa shape index (κ3) is 5.33. The standard InChI is InChI=1S/C13H19BrN2O/c1-9(2)12(15)7-13(17)16-8-10-3-5-11(14)6-4-10/h3-6,9,12H,7-8,15H2,1-2H3,(H,16,17). The third-order valence-electron chi connectivity index (χ3n) is 2.68. The highest BCUT2D eigenvalue weighted by atomic mass is 79.9. The first-order chi connectivity index (χ1) is 7.99. The van der Waals surface area contributed by atoms with Gasteiger partial charge in [0.2, 0.25) is 5.91 Å². The number of hydrogen-bond acceptors (Lipinski definition) is 2. The summed E-state index contributed by atoms with van der Waals surface area (Å²) in [6.45, 7) is 4.59. The van der Waals surface area contributed by atoms with Crippen molar-refractivity contribution >= 4 is 21.8 Å². The number of carbonyl (C=O) groups excluding carboxylic acids is 1. The molecule has 0 fully saturated rings. The molecule has 0 aliphatic rings. The number of hydrogen-bond donors (Lipinski definition) is 2. The zero-order chi connectivity index (χ0) is 12.8. The molecule has 1 amide bonds. The van der Waals surface area contributed by atoms with E-state index in [1.54, 1.807) is 0 Å². The Morgan fingerprint density at radius 1 is 1.35 bits per heavy atom. The van der Waals surface area contributed by atoms with Crippen molar-refractivity contribution in [3.63, 3.8) is 0 Å². The predicted molar refractivity (Wildman–Crippen MR) is 73.4 cm³/mol. The molecular formula is C13H19BrN2O. The van der Waals surface area contributed by atoms with Crippen LogP contribution in [0.4, 0.5) is 0 Å². The van der Waals surface area contributed by atoms with Crippen molar-refractivity contribution in [2.75, 3.05) is 0 Å². The Hall–Kier alpha value is -0.870. The van der Waals surface area contributed by atoms with Crippen molar-refractivity contribution in [3.05, 3.63) is 34.3 Å². The van der Waals surface area contributed by atoms with Gasteiger partial charge in [0.1, 0.15) is 0 Å². The molecule has 94 valence electrons. The fraction of sp³-hybridized carbons (Fsp3) is 0.462. The molecule has 0 bridgehead atoms. The van der Waals surface area contributed by atoms with Crippen LogP contribution in [0, 0.1) is 5.92 Å². The van der Waals surface area contributed by atoms with Crippen LogP contribution in [0.1, 0.15) is 25.8 Å². The Bertz CT molecular complexity index is 362. The summed E-state index contributed by atoms with van der Waals surface area (Å²) in [4.78, 5) is 11.6. The van der Waals surface area contributed by atoms with Crippen LogP contribution in [0.25, 0.3) is 0 Å². The maximum absolute atomic E-state index is 11.6. The lowest BCUT2D eigenvalue weighted by atomic mass is 10.0. The second-order valence-electron chi connectivity index (χ2n) is 4.52. The molecule has 0 saturated carbocycles. The van der Waals surface area contributed by atoms with E-state index in [1.807, 2.05) is 38.1 Å². The topological polar surface area (TPSA) is 55.1 Å². The van der Waals surface area contributed by atoms with E-state index in [2.05, 4.69) is 21.2 Å². The van der Waals surface area contributed by atoms with Crippen LogP contribution in [0.15, 0.2) is 28.7 Å². The molecule has 0 aromatic heterocycles. The molecule has 1 atom stereocenters. The molecule has 3 N–H and O–H groups in total. The average Bonchev–Trinajstić information content (AvgIpc) is 2.28. The van der Waals surface area contributed by atoms with Crippen LogP contribution in [-0.4, -0.2) is 11.9 Å². The van der Waals surface area contributed by atoms with Crippen molar-refractivity contribution in [2.45, 2.75) is 32.9 Å². The number of nitrogens with one attached hydrogen (secondary N) is 1. The summed E-state index contributed by atoms with van der Waals surface area (Å²) >= 11 is 3.37. The largest absolute Gasteiger partial charge is 0.352 e. The van der Waals surface area contributed by atoms with Gasteiger partial charge in [0.25, 0.3) is 0 Å². The minimum Gasteiger partial charge on any atom is -0.352 e. The van der Waals surface area contributed by atoms with Crippen molar-refractivity contribution < 1.29 is 4.79 Å². The Labute approximate surface area is 111 Å². The number of halogens is 1. The Morgan fingerprint density at radius 2 is 1.94 bits per heavy atom. The molecule has 1 unspecified atom stereocenters. The fourth-order valence-electron chi connectivity index (χ4n) is 1.32. The third-order valence-corrected chi connectivity index (χ3v) is 3.21. The van der Waals surface area contributed by atoms with Gasteiger partial charge in [-0.1, -0.05) is 41.9 Å². The van der Waals surface area contributed by atoms with Gasteiger partial charge in [0.15, 0.2) is 0 Å². The van der Waals surface area contributed by atoms with Crippen molar-refractivity contribution in [1.29, 1.82) is 0 Å². The fourth-order valence-corrected chi connectivity index (χ4v) is 1.59. The van der Waals surface area contributed by atoms with Gasteiger partial charge in [-0.05, 0) is 23.6 Å². The van der Waals surface area contributed by atoms with Crippen LogP contribution in [0.5, 0.6) is 0 Å². The molecule has 0 aliphatic carbocycles. The molecule has 0 aliphatic heterocycles. The van der Waals surface area contributed by atoms with Crippen molar-refractivity contribution in [2.24, 2.45) is 11.7 Å². The summed E-state index contributed by atoms with van der Waals surface area (Å²) in [5.41, 5.74) is 6.92. The van der Waals surface area contributed by atoms with Crippen molar-refractivity contribution in [1.82, 2.24) is 5.32 Å². The highest BCUT2D eigenvalue weighted by molar-refractivity contribution is 9.10. The van der Waals surface area contributed by atoms with Crippen LogP contribution >= 0.6 is 15.9 Å². The minimum absolute atomic E-state index is 0.00844. The maximum atomic E-state index is 11.6. The van der Waals surface area contributed by atoms with E-state index in [1.165, 1.54) is 0 Å². The zero-order valence-corrected chi connectivity index (χ0v) is 11.8. The molecule has 17 heavy (non-hydrogen) atoms. The van der Waals surface area contributed by atoms with E-state index < -0.39 is 0 Å². The summed E-state index contributed by atoms with van der Waals surface area (Å²) in [5.74, 6) is 0.336. The molecule has 4 heteroatoms. The van der Waals surface area contributed by atoms with Gasteiger partial charge in [-0.3, -0.25) is 4.79 Å². The van der Waals surface area contributed by atoms with Gasteiger partial charge in [0, 0.05) is 23.5 Å². The van der Waals surface area contributed by atoms with E-state index in [0.29, 0.717) is 18.9 Å². The molecule has 0 spiro atoms. The Balaban J connectivity index is 2.35. The van der Waals surface area contributed by atoms with Gasteiger partial charge in [-0.15, -0.1) is 0 Å². The Morgan fingerprint density at radius 3 is 2.47 bits per heavy atom. The van der Waals surface area contributed by atoms with E-state index in [-0.39, 0.29) is 11.9 Å². The monoisotopic (exact) mass is 298 g/mol. The molecule has 1 rings (SSSR count). The van der Waals surface area contributed by atoms with Crippen LogP contribution in [0.3, 0.4) is 0 Å². The second kappa shape index (κ2) is 6.77. The number of nitrogens with two attached hydrogens (primary N) is 1. The molecule has 0 radical (unpaired) electrons. The van der Waals surface area contributed by atoms with Gasteiger partial charge in [-0.25, -0.2) is 0 Å². The summed E-state index contributed by atoms with van der Waals surface area (Å²) < 4.78 is 1.04. The van der Waals surface area contributed by atoms with E-state index >= 15 is 0 Å². The SMILES string of the molecule is CC(C)C(N)CC(=O)NCc1ccc(Br)cc1. The number of carbonyl (C=O) groups is 1. The number of benzene rings is 1. The zero-order valence-electron chi connectivity index (χ0n) is 10.2. The molecule has 0 saturated heterocycles. The van der Waals surface area contributed by atoms with Crippen LogP contribution < -0.4 is 11.1 Å².